The van der Waals surface area contributed by atoms with E-state index in [4.69, 9.17) is 0 Å². The van der Waals surface area contributed by atoms with Gasteiger partial charge in [-0.2, -0.15) is 0 Å². The van der Waals surface area contributed by atoms with Crippen LogP contribution in [-0.2, 0) is 5.41 Å². The van der Waals surface area contributed by atoms with E-state index in [1.807, 2.05) is 0 Å². The number of rotatable bonds is 6. The van der Waals surface area contributed by atoms with Gasteiger partial charge in [-0.05, 0) is 36.9 Å². The molecule has 0 aromatic heterocycles. The van der Waals surface area contributed by atoms with E-state index in [1.54, 1.807) is 0 Å². The summed E-state index contributed by atoms with van der Waals surface area (Å²) in [5.74, 6) is 1.69. The van der Waals surface area contributed by atoms with Gasteiger partial charge < -0.3 is 10.2 Å². The highest BCUT2D eigenvalue weighted by Gasteiger charge is 2.31. The van der Waals surface area contributed by atoms with Gasteiger partial charge in [-0.25, -0.2) is 0 Å². The minimum atomic E-state index is 0.192. The van der Waals surface area contributed by atoms with Crippen molar-refractivity contribution >= 4 is 0 Å². The number of likely N-dealkylation sites (N-methyl/N-ethyl adjacent to an activating group) is 1. The van der Waals surface area contributed by atoms with Crippen molar-refractivity contribution in [3.05, 3.63) is 35.9 Å². The molecule has 0 spiro atoms. The molecule has 0 bridgehead atoms. The minimum absolute atomic E-state index is 0.192. The Kier molecular flexibility index (Phi) is 5.83. The van der Waals surface area contributed by atoms with E-state index < -0.39 is 0 Å². The van der Waals surface area contributed by atoms with Gasteiger partial charge in [0.1, 0.15) is 0 Å². The minimum Gasteiger partial charge on any atom is -0.316 e. The largest absolute Gasteiger partial charge is 0.316 e. The predicted molar refractivity (Wildman–Crippen MR) is 91.7 cm³/mol. The van der Waals surface area contributed by atoms with Gasteiger partial charge in [0.05, 0.1) is 0 Å². The van der Waals surface area contributed by atoms with Gasteiger partial charge in [-0.3, -0.25) is 0 Å². The van der Waals surface area contributed by atoms with Gasteiger partial charge in [0.25, 0.3) is 0 Å². The van der Waals surface area contributed by atoms with Crippen molar-refractivity contribution in [3.63, 3.8) is 0 Å². The second-order valence-corrected chi connectivity index (χ2v) is 7.19. The molecule has 0 aliphatic carbocycles. The Morgan fingerprint density at radius 1 is 1.19 bits per heavy atom. The first-order chi connectivity index (χ1) is 10.0. The average Bonchev–Trinajstić information content (AvgIpc) is 2.50. The maximum atomic E-state index is 3.57. The highest BCUT2D eigenvalue weighted by Crippen LogP contribution is 2.28. The fourth-order valence-electron chi connectivity index (χ4n) is 3.48. The summed E-state index contributed by atoms with van der Waals surface area (Å²) in [6.45, 7) is 15.1. The van der Waals surface area contributed by atoms with Crippen LogP contribution < -0.4 is 5.32 Å². The van der Waals surface area contributed by atoms with Crippen molar-refractivity contribution in [1.29, 1.82) is 0 Å². The van der Waals surface area contributed by atoms with Gasteiger partial charge in [-0.1, -0.05) is 58.0 Å². The molecule has 118 valence electrons. The lowest BCUT2D eigenvalue weighted by Crippen LogP contribution is -2.49. The predicted octanol–water partition coefficient (Wildman–Crippen LogP) is 3.53. The molecule has 1 N–H and O–H groups in total. The summed E-state index contributed by atoms with van der Waals surface area (Å²) in [6, 6.07) is 11.0. The zero-order valence-electron chi connectivity index (χ0n) is 14.2. The molecule has 1 fully saturated rings. The molecule has 1 aromatic rings. The average molecular weight is 288 g/mol. The van der Waals surface area contributed by atoms with Crippen LogP contribution in [0.4, 0.5) is 0 Å². The molecule has 1 aromatic carbocycles. The zero-order chi connectivity index (χ0) is 15.3. The molecule has 2 heteroatoms. The third kappa shape index (κ3) is 4.31. The van der Waals surface area contributed by atoms with Crippen molar-refractivity contribution in [2.75, 3.05) is 32.7 Å². The first-order valence-electron chi connectivity index (χ1n) is 8.54. The van der Waals surface area contributed by atoms with Crippen LogP contribution in [0.2, 0.25) is 0 Å². The number of likely N-dealkylation sites (tertiary alicyclic amines) is 1. The topological polar surface area (TPSA) is 15.3 Å². The van der Waals surface area contributed by atoms with E-state index in [-0.39, 0.29) is 5.41 Å². The van der Waals surface area contributed by atoms with E-state index in [1.165, 1.54) is 25.1 Å². The molecule has 1 heterocycles. The molecule has 0 saturated carbocycles. The monoisotopic (exact) mass is 288 g/mol. The van der Waals surface area contributed by atoms with Crippen LogP contribution >= 0.6 is 0 Å². The smallest absolute Gasteiger partial charge is 0.0177 e. The van der Waals surface area contributed by atoms with E-state index >= 15 is 0 Å². The molecule has 0 amide bonds. The molecule has 1 aliphatic heterocycles. The lowest BCUT2D eigenvalue weighted by Gasteiger charge is -2.41. The summed E-state index contributed by atoms with van der Waals surface area (Å²) in [5, 5.41) is 3.57. The van der Waals surface area contributed by atoms with Gasteiger partial charge in [0.15, 0.2) is 0 Å². The summed E-state index contributed by atoms with van der Waals surface area (Å²) in [6.07, 6.45) is 1.34. The number of hydrogen-bond donors (Lipinski definition) is 1. The lowest BCUT2D eigenvalue weighted by atomic mass is 9.80. The van der Waals surface area contributed by atoms with E-state index in [9.17, 15) is 0 Å². The second-order valence-electron chi connectivity index (χ2n) is 7.19. The number of piperidine rings is 1. The summed E-state index contributed by atoms with van der Waals surface area (Å²) < 4.78 is 0. The normalized spacial score (nSPS) is 26.5. The van der Waals surface area contributed by atoms with Crippen LogP contribution in [0.15, 0.2) is 30.3 Å². The van der Waals surface area contributed by atoms with Crippen LogP contribution in [0.5, 0.6) is 0 Å². The van der Waals surface area contributed by atoms with Crippen LogP contribution in [0.3, 0.4) is 0 Å². The molecule has 21 heavy (non-hydrogen) atoms. The van der Waals surface area contributed by atoms with Gasteiger partial charge >= 0.3 is 0 Å². The third-order valence-corrected chi connectivity index (χ3v) is 5.23. The highest BCUT2D eigenvalue weighted by molar-refractivity contribution is 5.25. The van der Waals surface area contributed by atoms with Gasteiger partial charge in [0.2, 0.25) is 0 Å². The van der Waals surface area contributed by atoms with Crippen LogP contribution in [-0.4, -0.2) is 37.6 Å². The maximum absolute atomic E-state index is 3.57. The van der Waals surface area contributed by atoms with Crippen LogP contribution in [0, 0.1) is 11.8 Å². The van der Waals surface area contributed by atoms with Gasteiger partial charge in [-0.15, -0.1) is 0 Å². The van der Waals surface area contributed by atoms with Crippen molar-refractivity contribution in [2.24, 2.45) is 11.8 Å². The molecular weight excluding hydrogens is 256 g/mol. The highest BCUT2D eigenvalue weighted by atomic mass is 15.1. The Morgan fingerprint density at radius 3 is 2.52 bits per heavy atom. The Hall–Kier alpha value is -0.860. The number of benzene rings is 1. The van der Waals surface area contributed by atoms with Crippen LogP contribution in [0.1, 0.15) is 39.7 Å². The summed E-state index contributed by atoms with van der Waals surface area (Å²) in [7, 11) is 0. The van der Waals surface area contributed by atoms with E-state index in [2.05, 4.69) is 68.2 Å². The maximum Gasteiger partial charge on any atom is 0.0177 e. The molecule has 2 rings (SSSR count). The summed E-state index contributed by atoms with van der Waals surface area (Å²) in [4.78, 5) is 2.68. The molecule has 3 unspecified atom stereocenters. The molecular formula is C19H32N2. The summed E-state index contributed by atoms with van der Waals surface area (Å²) >= 11 is 0. The number of nitrogens with zero attached hydrogens (tertiary/aromatic N) is 1. The lowest BCUT2D eigenvalue weighted by molar-refractivity contribution is 0.113. The van der Waals surface area contributed by atoms with Crippen LogP contribution in [0.25, 0.3) is 0 Å². The van der Waals surface area contributed by atoms with Gasteiger partial charge in [0, 0.05) is 25.0 Å². The first-order valence-corrected chi connectivity index (χ1v) is 8.54. The second kappa shape index (κ2) is 7.42. The molecule has 0 radical (unpaired) electrons. The quantitative estimate of drug-likeness (QED) is 0.861. The Bertz CT molecular complexity index is 417. The van der Waals surface area contributed by atoms with Crippen molar-refractivity contribution in [1.82, 2.24) is 10.2 Å². The first kappa shape index (κ1) is 16.5. The molecule has 1 aliphatic rings. The molecule has 1 saturated heterocycles. The third-order valence-electron chi connectivity index (χ3n) is 5.23. The standard InChI is InChI=1S/C19H32N2/c1-5-20-14-19(4,18-9-7-6-8-10-18)15-21-12-11-16(2)17(3)13-21/h6-10,16-17,20H,5,11-15H2,1-4H3. The van der Waals surface area contributed by atoms with Crippen molar-refractivity contribution in [2.45, 2.75) is 39.5 Å². The van der Waals surface area contributed by atoms with E-state index in [0.717, 1.165) is 31.5 Å². The Morgan fingerprint density at radius 2 is 1.90 bits per heavy atom. The summed E-state index contributed by atoms with van der Waals surface area (Å²) in [5.41, 5.74) is 1.65. The molecule has 2 nitrogen and oxygen atoms in total. The Balaban J connectivity index is 2.09. The van der Waals surface area contributed by atoms with Crippen molar-refractivity contribution in [3.8, 4) is 0 Å². The van der Waals surface area contributed by atoms with E-state index in [0.29, 0.717) is 0 Å². The fraction of sp³-hybridized carbons (Fsp3) is 0.684. The SMILES string of the molecule is CCNCC(C)(CN1CCC(C)C(C)C1)c1ccccc1. The Labute approximate surface area is 130 Å². The fourth-order valence-corrected chi connectivity index (χ4v) is 3.48. The number of nitrogens with one attached hydrogen (secondary N) is 1. The number of hydrogen-bond acceptors (Lipinski definition) is 2. The zero-order valence-corrected chi connectivity index (χ0v) is 14.2. The van der Waals surface area contributed by atoms with Crippen molar-refractivity contribution < 1.29 is 0 Å². The molecule has 3 atom stereocenters.